The van der Waals surface area contributed by atoms with E-state index in [1.807, 2.05) is 48.5 Å². The summed E-state index contributed by atoms with van der Waals surface area (Å²) in [5.41, 5.74) is 2.72. The predicted octanol–water partition coefficient (Wildman–Crippen LogP) is 4.98. The molecule has 4 rings (SSSR count). The number of rotatable bonds is 10. The zero-order chi connectivity index (χ0) is 25.3. The lowest BCUT2D eigenvalue weighted by atomic mass is 9.99. The van der Waals surface area contributed by atoms with Gasteiger partial charge in [0.2, 0.25) is 0 Å². The molecule has 1 heterocycles. The second-order valence-corrected chi connectivity index (χ2v) is 8.59. The van der Waals surface area contributed by atoms with Gasteiger partial charge in [0.1, 0.15) is 6.61 Å². The van der Waals surface area contributed by atoms with Crippen LogP contribution in [0.1, 0.15) is 34.3 Å². The first kappa shape index (κ1) is 25.0. The van der Waals surface area contributed by atoms with Crippen LogP contribution < -0.4 is 4.90 Å². The van der Waals surface area contributed by atoms with Gasteiger partial charge < -0.3 is 14.2 Å². The summed E-state index contributed by atoms with van der Waals surface area (Å²) in [7, 11) is 1.30. The number of esters is 2. The second kappa shape index (κ2) is 12.0. The van der Waals surface area contributed by atoms with E-state index in [0.717, 1.165) is 18.4 Å². The highest BCUT2D eigenvalue weighted by atomic mass is 16.6. The minimum absolute atomic E-state index is 0.0652. The van der Waals surface area contributed by atoms with Gasteiger partial charge in [-0.25, -0.2) is 9.59 Å². The molecule has 1 aliphatic heterocycles. The van der Waals surface area contributed by atoms with E-state index in [4.69, 9.17) is 14.2 Å². The van der Waals surface area contributed by atoms with Crippen molar-refractivity contribution in [3.63, 3.8) is 0 Å². The summed E-state index contributed by atoms with van der Waals surface area (Å²) in [5, 5.41) is 0. The van der Waals surface area contributed by atoms with Gasteiger partial charge in [-0.1, -0.05) is 72.8 Å². The van der Waals surface area contributed by atoms with Crippen LogP contribution in [0.5, 0.6) is 0 Å². The molecule has 0 N–H and O–H groups in total. The summed E-state index contributed by atoms with van der Waals surface area (Å²) in [4.78, 5) is 39.4. The minimum atomic E-state index is -0.668. The first-order valence-corrected chi connectivity index (χ1v) is 12.0. The smallest absolute Gasteiger partial charge is 0.415 e. The van der Waals surface area contributed by atoms with E-state index in [9.17, 15) is 14.4 Å². The first-order chi connectivity index (χ1) is 17.6. The van der Waals surface area contributed by atoms with Gasteiger partial charge in [0.15, 0.2) is 6.10 Å². The van der Waals surface area contributed by atoms with Crippen LogP contribution in [0.25, 0.3) is 0 Å². The highest BCUT2D eigenvalue weighted by Crippen LogP contribution is 2.33. The van der Waals surface area contributed by atoms with Gasteiger partial charge in [-0.05, 0) is 42.5 Å². The van der Waals surface area contributed by atoms with Crippen molar-refractivity contribution in [1.29, 1.82) is 0 Å². The molecule has 1 fully saturated rings. The van der Waals surface area contributed by atoms with Crippen molar-refractivity contribution in [3.8, 4) is 0 Å². The average Bonchev–Trinajstić information content (AvgIpc) is 3.22. The van der Waals surface area contributed by atoms with Gasteiger partial charge in [0.05, 0.1) is 30.8 Å². The molecule has 0 saturated carbocycles. The Hall–Kier alpha value is -4.13. The molecule has 2 atom stereocenters. The van der Waals surface area contributed by atoms with Gasteiger partial charge in [-0.15, -0.1) is 0 Å². The predicted molar refractivity (Wildman–Crippen MR) is 135 cm³/mol. The van der Waals surface area contributed by atoms with Crippen LogP contribution >= 0.6 is 0 Å². The number of hydrogen-bond acceptors (Lipinski definition) is 6. The molecule has 7 nitrogen and oxygen atoms in total. The van der Waals surface area contributed by atoms with E-state index in [0.29, 0.717) is 12.1 Å². The largest absolute Gasteiger partial charge is 0.465 e. The Morgan fingerprint density at radius 1 is 0.889 bits per heavy atom. The summed E-state index contributed by atoms with van der Waals surface area (Å²) < 4.78 is 16.1. The third-order valence-electron chi connectivity index (χ3n) is 6.19. The van der Waals surface area contributed by atoms with Gasteiger partial charge in [0.25, 0.3) is 0 Å². The normalized spacial score (nSPS) is 16.9. The molecule has 0 spiro atoms. The molecule has 1 amide bonds. The number of carbonyl (C=O) groups is 3. The van der Waals surface area contributed by atoms with Crippen LogP contribution in [0.15, 0.2) is 84.9 Å². The van der Waals surface area contributed by atoms with Crippen LogP contribution in [0.2, 0.25) is 0 Å². The molecule has 36 heavy (non-hydrogen) atoms. The lowest BCUT2D eigenvalue weighted by Gasteiger charge is -2.26. The van der Waals surface area contributed by atoms with Gasteiger partial charge in [0, 0.05) is 0 Å². The molecule has 0 aromatic heterocycles. The van der Waals surface area contributed by atoms with E-state index < -0.39 is 30.2 Å². The number of cyclic esters (lactones) is 1. The number of carbonyl (C=O) groups excluding carboxylic acids is 3. The Morgan fingerprint density at radius 2 is 1.53 bits per heavy atom. The minimum Gasteiger partial charge on any atom is -0.465 e. The average molecular weight is 488 g/mol. The lowest BCUT2D eigenvalue weighted by Crippen LogP contribution is -2.39. The number of para-hydroxylation sites is 1. The molecular weight excluding hydrogens is 458 g/mol. The topological polar surface area (TPSA) is 82.1 Å². The van der Waals surface area contributed by atoms with E-state index in [1.165, 1.54) is 17.6 Å². The number of nitrogens with zero attached hydrogens (tertiary/aromatic N) is 1. The molecule has 0 bridgehead atoms. The van der Waals surface area contributed by atoms with Crippen molar-refractivity contribution in [2.75, 3.05) is 18.6 Å². The molecule has 3 aromatic carbocycles. The molecule has 0 unspecified atom stereocenters. The maximum Gasteiger partial charge on any atom is 0.415 e. The Morgan fingerprint density at radius 3 is 2.22 bits per heavy atom. The fourth-order valence-corrected chi connectivity index (χ4v) is 4.42. The molecule has 186 valence electrons. The van der Waals surface area contributed by atoms with Crippen molar-refractivity contribution < 1.29 is 28.6 Å². The Labute approximate surface area is 210 Å². The standard InChI is InChI=1S/C29H29NO6/c1-34-28(32)23-16-8-9-17-24(23)30-25(18-10-15-21-11-4-2-5-12-21)26(36-29(30)33)20-35-27(31)19-22-13-6-3-7-14-22/h2-9,11-14,16-17,25-26H,10,15,18-20H2,1H3/t25-,26-/m1/s1. The molecule has 3 aromatic rings. The Balaban J connectivity index is 1.51. The summed E-state index contributed by atoms with van der Waals surface area (Å²) in [6, 6.07) is 25.7. The summed E-state index contributed by atoms with van der Waals surface area (Å²) in [6.45, 7) is -0.0652. The SMILES string of the molecule is COC(=O)c1ccccc1N1C(=O)O[C@H](COC(=O)Cc2ccccc2)[C@H]1CCCc1ccccc1. The molecule has 0 aliphatic carbocycles. The zero-order valence-corrected chi connectivity index (χ0v) is 20.2. The number of ether oxygens (including phenoxy) is 3. The van der Waals surface area contributed by atoms with Crippen LogP contribution in [-0.2, 0) is 31.8 Å². The van der Waals surface area contributed by atoms with Crippen LogP contribution in [0.3, 0.4) is 0 Å². The number of anilines is 1. The third-order valence-corrected chi connectivity index (χ3v) is 6.19. The van der Waals surface area contributed by atoms with E-state index in [1.54, 1.807) is 24.3 Å². The number of aryl methyl sites for hydroxylation is 1. The van der Waals surface area contributed by atoms with Crippen LogP contribution in [0, 0.1) is 0 Å². The van der Waals surface area contributed by atoms with E-state index in [-0.39, 0.29) is 18.6 Å². The Bertz CT molecular complexity index is 1180. The Kier molecular flexibility index (Phi) is 8.34. The van der Waals surface area contributed by atoms with Crippen molar-refractivity contribution in [2.45, 2.75) is 37.8 Å². The zero-order valence-electron chi connectivity index (χ0n) is 20.2. The fourth-order valence-electron chi connectivity index (χ4n) is 4.42. The maximum atomic E-state index is 13.0. The number of methoxy groups -OCH3 is 1. The summed E-state index contributed by atoms with van der Waals surface area (Å²) in [6.07, 6.45) is 1.07. The monoisotopic (exact) mass is 487 g/mol. The van der Waals surface area contributed by atoms with Crippen molar-refractivity contribution >= 4 is 23.7 Å². The van der Waals surface area contributed by atoms with Crippen molar-refractivity contribution in [3.05, 3.63) is 102 Å². The molecule has 1 saturated heterocycles. The molecule has 0 radical (unpaired) electrons. The maximum absolute atomic E-state index is 13.0. The number of hydrogen-bond donors (Lipinski definition) is 0. The van der Waals surface area contributed by atoms with Crippen LogP contribution in [0.4, 0.5) is 10.5 Å². The van der Waals surface area contributed by atoms with E-state index >= 15 is 0 Å². The fraction of sp³-hybridized carbons (Fsp3) is 0.276. The molecule has 1 aliphatic rings. The molecule has 7 heteroatoms. The third kappa shape index (κ3) is 6.10. The lowest BCUT2D eigenvalue weighted by molar-refractivity contribution is -0.145. The van der Waals surface area contributed by atoms with Gasteiger partial charge in [-0.3, -0.25) is 9.69 Å². The van der Waals surface area contributed by atoms with E-state index in [2.05, 4.69) is 12.1 Å². The number of amides is 1. The van der Waals surface area contributed by atoms with Gasteiger partial charge in [-0.2, -0.15) is 0 Å². The van der Waals surface area contributed by atoms with Crippen molar-refractivity contribution in [2.24, 2.45) is 0 Å². The highest BCUT2D eigenvalue weighted by molar-refractivity contribution is 6.01. The van der Waals surface area contributed by atoms with Crippen molar-refractivity contribution in [1.82, 2.24) is 0 Å². The second-order valence-electron chi connectivity index (χ2n) is 8.59. The highest BCUT2D eigenvalue weighted by Gasteiger charge is 2.44. The summed E-state index contributed by atoms with van der Waals surface area (Å²) in [5.74, 6) is -0.937. The van der Waals surface area contributed by atoms with Gasteiger partial charge >= 0.3 is 18.0 Å². The first-order valence-electron chi connectivity index (χ1n) is 12.0. The van der Waals surface area contributed by atoms with Crippen LogP contribution in [-0.4, -0.2) is 43.9 Å². The number of benzene rings is 3. The summed E-state index contributed by atoms with van der Waals surface area (Å²) >= 11 is 0. The molecular formula is C29H29NO6. The quantitative estimate of drug-likeness (QED) is 0.296.